The van der Waals surface area contributed by atoms with E-state index in [1.165, 1.54) is 17.4 Å². The van der Waals surface area contributed by atoms with Gasteiger partial charge in [0, 0.05) is 22.5 Å². The van der Waals surface area contributed by atoms with Crippen molar-refractivity contribution in [1.82, 2.24) is 4.98 Å². The second-order valence-corrected chi connectivity index (χ2v) is 7.06. The topological polar surface area (TPSA) is 71.1 Å². The summed E-state index contributed by atoms with van der Waals surface area (Å²) in [6, 6.07) is 3.11. The quantitative estimate of drug-likeness (QED) is 0.882. The highest BCUT2D eigenvalue weighted by atomic mass is 32.1. The van der Waals surface area contributed by atoms with Crippen LogP contribution in [0.5, 0.6) is 0 Å². The number of benzene rings is 1. The normalized spacial score (nSPS) is 11.2. The molecular weight excluding hydrogens is 336 g/mol. The molecule has 0 radical (unpaired) electrons. The first kappa shape index (κ1) is 18.0. The fourth-order valence-electron chi connectivity index (χ4n) is 1.67. The number of nitrogens with zero attached hydrogens (tertiary/aromatic N) is 1. The predicted octanol–water partition coefficient (Wildman–Crippen LogP) is 3.59. The number of thiazole rings is 1. The summed E-state index contributed by atoms with van der Waals surface area (Å²) in [6.45, 7) is 5.35. The van der Waals surface area contributed by atoms with Crippen molar-refractivity contribution >= 4 is 34.0 Å². The number of carbonyl (C=O) groups excluding carboxylic acids is 2. The van der Waals surface area contributed by atoms with Crippen LogP contribution in [0.1, 0.15) is 26.5 Å². The van der Waals surface area contributed by atoms with E-state index >= 15 is 0 Å². The van der Waals surface area contributed by atoms with Crippen molar-refractivity contribution in [3.8, 4) is 0 Å². The van der Waals surface area contributed by atoms with E-state index in [2.05, 4.69) is 15.6 Å². The van der Waals surface area contributed by atoms with Gasteiger partial charge in [-0.05, 0) is 12.1 Å². The minimum Gasteiger partial charge on any atom is -0.326 e. The molecule has 0 saturated carbocycles. The van der Waals surface area contributed by atoms with Gasteiger partial charge in [0.05, 0.1) is 12.1 Å². The van der Waals surface area contributed by atoms with Crippen LogP contribution in [0.3, 0.4) is 0 Å². The molecule has 24 heavy (non-hydrogen) atoms. The lowest BCUT2D eigenvalue weighted by molar-refractivity contribution is -0.123. The molecule has 0 fully saturated rings. The molecule has 0 unspecified atom stereocenters. The standard InChI is InChI=1S/C16H17F2N3O2S/c1-16(2,3)14(23)21-15-20-10(8-24-15)7-13(22)19-9-4-5-11(17)12(18)6-9/h4-6,8H,7H2,1-3H3,(H,19,22)(H,20,21,23). The van der Waals surface area contributed by atoms with Gasteiger partial charge >= 0.3 is 0 Å². The van der Waals surface area contributed by atoms with Crippen LogP contribution in [0.15, 0.2) is 23.6 Å². The summed E-state index contributed by atoms with van der Waals surface area (Å²) < 4.78 is 25.9. The summed E-state index contributed by atoms with van der Waals surface area (Å²) in [6.07, 6.45) is -0.0408. The average molecular weight is 353 g/mol. The van der Waals surface area contributed by atoms with Crippen molar-refractivity contribution < 1.29 is 18.4 Å². The molecule has 0 atom stereocenters. The largest absolute Gasteiger partial charge is 0.326 e. The Bertz CT molecular complexity index is 769. The summed E-state index contributed by atoms with van der Waals surface area (Å²) in [7, 11) is 0. The van der Waals surface area contributed by atoms with Crippen LogP contribution < -0.4 is 10.6 Å². The molecule has 1 aromatic carbocycles. The molecule has 1 aromatic heterocycles. The highest BCUT2D eigenvalue weighted by molar-refractivity contribution is 7.13. The van der Waals surface area contributed by atoms with E-state index in [0.717, 1.165) is 12.1 Å². The average Bonchev–Trinajstić information content (AvgIpc) is 2.89. The van der Waals surface area contributed by atoms with Crippen LogP contribution in [-0.2, 0) is 16.0 Å². The predicted molar refractivity (Wildman–Crippen MR) is 88.9 cm³/mol. The third-order valence-electron chi connectivity index (χ3n) is 3.00. The smallest absolute Gasteiger partial charge is 0.231 e. The highest BCUT2D eigenvalue weighted by Gasteiger charge is 2.22. The fraction of sp³-hybridized carbons (Fsp3) is 0.312. The summed E-state index contributed by atoms with van der Waals surface area (Å²) in [5.74, 6) is -2.60. The molecule has 1 heterocycles. The van der Waals surface area contributed by atoms with Gasteiger partial charge in [0.25, 0.3) is 0 Å². The lowest BCUT2D eigenvalue weighted by atomic mass is 9.96. The van der Waals surface area contributed by atoms with Crippen LogP contribution in [0.4, 0.5) is 19.6 Å². The van der Waals surface area contributed by atoms with Gasteiger partial charge < -0.3 is 10.6 Å². The molecule has 8 heteroatoms. The second-order valence-electron chi connectivity index (χ2n) is 6.20. The van der Waals surface area contributed by atoms with Crippen molar-refractivity contribution in [3.63, 3.8) is 0 Å². The molecule has 0 aliphatic heterocycles. The van der Waals surface area contributed by atoms with E-state index in [0.29, 0.717) is 10.8 Å². The molecule has 0 spiro atoms. The maximum atomic E-state index is 13.1. The lowest BCUT2D eigenvalue weighted by Crippen LogP contribution is -2.27. The Labute approximate surface area is 142 Å². The van der Waals surface area contributed by atoms with E-state index < -0.39 is 23.0 Å². The third-order valence-corrected chi connectivity index (χ3v) is 3.80. The first-order chi connectivity index (χ1) is 11.1. The van der Waals surface area contributed by atoms with Gasteiger partial charge in [0.1, 0.15) is 0 Å². The van der Waals surface area contributed by atoms with Crippen LogP contribution >= 0.6 is 11.3 Å². The van der Waals surface area contributed by atoms with E-state index in [1.807, 2.05) is 0 Å². The van der Waals surface area contributed by atoms with Crippen LogP contribution in [0.2, 0.25) is 0 Å². The van der Waals surface area contributed by atoms with Crippen molar-refractivity contribution in [1.29, 1.82) is 0 Å². The number of anilines is 2. The van der Waals surface area contributed by atoms with Gasteiger partial charge in [0.2, 0.25) is 11.8 Å². The summed E-state index contributed by atoms with van der Waals surface area (Å²) in [5.41, 5.74) is 0.0928. The molecule has 2 aromatic rings. The first-order valence-electron chi connectivity index (χ1n) is 7.16. The Kier molecular flexibility index (Phi) is 5.28. The SMILES string of the molecule is CC(C)(C)C(=O)Nc1nc(CC(=O)Nc2ccc(F)c(F)c2)cs1. The fourth-order valence-corrected chi connectivity index (χ4v) is 2.38. The van der Waals surface area contributed by atoms with Gasteiger partial charge in [-0.25, -0.2) is 13.8 Å². The molecule has 0 aliphatic rings. The lowest BCUT2D eigenvalue weighted by Gasteiger charge is -2.15. The maximum Gasteiger partial charge on any atom is 0.231 e. The van der Waals surface area contributed by atoms with E-state index in [4.69, 9.17) is 0 Å². The van der Waals surface area contributed by atoms with Crippen molar-refractivity contribution in [2.24, 2.45) is 5.41 Å². The number of nitrogens with one attached hydrogen (secondary N) is 2. The second kappa shape index (κ2) is 7.04. The monoisotopic (exact) mass is 353 g/mol. The first-order valence-corrected chi connectivity index (χ1v) is 8.04. The van der Waals surface area contributed by atoms with Gasteiger partial charge in [-0.3, -0.25) is 9.59 Å². The Morgan fingerprint density at radius 2 is 1.88 bits per heavy atom. The van der Waals surface area contributed by atoms with Gasteiger partial charge in [-0.2, -0.15) is 0 Å². The highest BCUT2D eigenvalue weighted by Crippen LogP contribution is 2.21. The molecule has 0 bridgehead atoms. The summed E-state index contributed by atoms with van der Waals surface area (Å²) in [5, 5.41) is 7.21. The third kappa shape index (κ3) is 4.82. The molecular formula is C16H17F2N3O2S. The van der Waals surface area contributed by atoms with Crippen LogP contribution in [0.25, 0.3) is 0 Å². The number of aromatic nitrogens is 1. The molecule has 2 amide bonds. The van der Waals surface area contributed by atoms with Crippen molar-refractivity contribution in [2.45, 2.75) is 27.2 Å². The zero-order chi connectivity index (χ0) is 17.9. The van der Waals surface area contributed by atoms with Gasteiger partial charge in [0.15, 0.2) is 16.8 Å². The Morgan fingerprint density at radius 3 is 2.50 bits per heavy atom. The summed E-state index contributed by atoms with van der Waals surface area (Å²) >= 11 is 1.21. The number of halogens is 2. The Hall–Kier alpha value is -2.35. The number of amides is 2. The van der Waals surface area contributed by atoms with Crippen LogP contribution in [-0.4, -0.2) is 16.8 Å². The van der Waals surface area contributed by atoms with E-state index in [1.54, 1.807) is 26.2 Å². The van der Waals surface area contributed by atoms with Crippen molar-refractivity contribution in [2.75, 3.05) is 10.6 Å². The molecule has 2 rings (SSSR count). The van der Waals surface area contributed by atoms with Crippen LogP contribution in [0, 0.1) is 17.0 Å². The van der Waals surface area contributed by atoms with E-state index in [9.17, 15) is 18.4 Å². The minimum atomic E-state index is -1.03. The van der Waals surface area contributed by atoms with Gasteiger partial charge in [-0.15, -0.1) is 11.3 Å². The molecule has 2 N–H and O–H groups in total. The number of hydrogen-bond donors (Lipinski definition) is 2. The molecule has 128 valence electrons. The number of rotatable bonds is 4. The summed E-state index contributed by atoms with van der Waals surface area (Å²) in [4.78, 5) is 28.0. The number of hydrogen-bond acceptors (Lipinski definition) is 4. The van der Waals surface area contributed by atoms with Crippen molar-refractivity contribution in [3.05, 3.63) is 40.9 Å². The van der Waals surface area contributed by atoms with E-state index in [-0.39, 0.29) is 18.0 Å². The molecule has 0 saturated heterocycles. The Morgan fingerprint density at radius 1 is 1.17 bits per heavy atom. The zero-order valence-corrected chi connectivity index (χ0v) is 14.3. The van der Waals surface area contributed by atoms with Gasteiger partial charge in [-0.1, -0.05) is 20.8 Å². The Balaban J connectivity index is 1.95. The maximum absolute atomic E-state index is 13.1. The molecule has 5 nitrogen and oxygen atoms in total. The number of carbonyl (C=O) groups is 2. The molecule has 0 aliphatic carbocycles. The minimum absolute atomic E-state index is 0.0408. The zero-order valence-electron chi connectivity index (χ0n) is 13.4.